The van der Waals surface area contributed by atoms with E-state index in [4.69, 9.17) is 17.3 Å². The SMILES string of the molecule is CC(=O)Nc1ccc(NC(=O)C(N)C(C)C)cc1Cl.Cl. The van der Waals surface area contributed by atoms with Crippen LogP contribution in [0, 0.1) is 5.92 Å². The Kier molecular flexibility index (Phi) is 7.57. The van der Waals surface area contributed by atoms with Gasteiger partial charge in [0.2, 0.25) is 11.8 Å². The fraction of sp³-hybridized carbons (Fsp3) is 0.385. The van der Waals surface area contributed by atoms with E-state index in [0.717, 1.165) is 0 Å². The molecule has 0 fully saturated rings. The molecule has 1 rings (SSSR count). The number of hydrogen-bond acceptors (Lipinski definition) is 3. The molecule has 1 unspecified atom stereocenters. The Morgan fingerprint density at radius 2 is 1.85 bits per heavy atom. The van der Waals surface area contributed by atoms with E-state index >= 15 is 0 Å². The van der Waals surface area contributed by atoms with Gasteiger partial charge < -0.3 is 16.4 Å². The Hall–Kier alpha value is -1.30. The maximum atomic E-state index is 11.8. The first-order valence-electron chi connectivity index (χ1n) is 5.95. The van der Waals surface area contributed by atoms with Crippen LogP contribution in [0.4, 0.5) is 11.4 Å². The van der Waals surface area contributed by atoms with Crippen molar-refractivity contribution < 1.29 is 9.59 Å². The van der Waals surface area contributed by atoms with Crippen molar-refractivity contribution in [3.05, 3.63) is 23.2 Å². The molecule has 112 valence electrons. The van der Waals surface area contributed by atoms with E-state index in [9.17, 15) is 9.59 Å². The van der Waals surface area contributed by atoms with E-state index in [-0.39, 0.29) is 30.1 Å². The van der Waals surface area contributed by atoms with Crippen molar-refractivity contribution in [1.82, 2.24) is 0 Å². The lowest BCUT2D eigenvalue weighted by Crippen LogP contribution is -2.39. The Morgan fingerprint density at radius 3 is 2.30 bits per heavy atom. The van der Waals surface area contributed by atoms with Crippen LogP contribution in [0.5, 0.6) is 0 Å². The molecule has 0 aliphatic carbocycles. The van der Waals surface area contributed by atoms with Gasteiger partial charge in [0.05, 0.1) is 16.8 Å². The molecule has 0 bridgehead atoms. The van der Waals surface area contributed by atoms with Gasteiger partial charge in [0.25, 0.3) is 0 Å². The highest BCUT2D eigenvalue weighted by Gasteiger charge is 2.17. The van der Waals surface area contributed by atoms with Crippen molar-refractivity contribution in [2.45, 2.75) is 26.8 Å². The second kappa shape index (κ2) is 8.09. The van der Waals surface area contributed by atoms with Gasteiger partial charge in [-0.3, -0.25) is 9.59 Å². The molecule has 2 amide bonds. The summed E-state index contributed by atoms with van der Waals surface area (Å²) >= 11 is 6.00. The summed E-state index contributed by atoms with van der Waals surface area (Å²) in [5, 5.41) is 5.62. The van der Waals surface area contributed by atoms with Crippen LogP contribution in [-0.2, 0) is 9.59 Å². The van der Waals surface area contributed by atoms with E-state index in [1.165, 1.54) is 6.92 Å². The molecule has 0 heterocycles. The fourth-order valence-electron chi connectivity index (χ4n) is 1.41. The number of nitrogens with two attached hydrogens (primary N) is 1. The normalized spacial score (nSPS) is 11.5. The summed E-state index contributed by atoms with van der Waals surface area (Å²) in [6.07, 6.45) is 0. The summed E-state index contributed by atoms with van der Waals surface area (Å²) in [6.45, 7) is 5.14. The van der Waals surface area contributed by atoms with Crippen molar-refractivity contribution in [3.63, 3.8) is 0 Å². The number of nitrogens with one attached hydrogen (secondary N) is 2. The van der Waals surface area contributed by atoms with Gasteiger partial charge in [0.1, 0.15) is 0 Å². The molecule has 0 aliphatic rings. The van der Waals surface area contributed by atoms with Gasteiger partial charge in [-0.15, -0.1) is 12.4 Å². The summed E-state index contributed by atoms with van der Waals surface area (Å²) in [5.41, 5.74) is 6.78. The van der Waals surface area contributed by atoms with Gasteiger partial charge in [-0.25, -0.2) is 0 Å². The van der Waals surface area contributed by atoms with Crippen molar-refractivity contribution in [2.75, 3.05) is 10.6 Å². The lowest BCUT2D eigenvalue weighted by atomic mass is 10.0. The monoisotopic (exact) mass is 319 g/mol. The summed E-state index contributed by atoms with van der Waals surface area (Å²) in [4.78, 5) is 22.7. The van der Waals surface area contributed by atoms with Crippen LogP contribution in [0.25, 0.3) is 0 Å². The third-order valence-corrected chi connectivity index (χ3v) is 2.88. The van der Waals surface area contributed by atoms with Gasteiger partial charge >= 0.3 is 0 Å². The number of anilines is 2. The summed E-state index contributed by atoms with van der Waals surface area (Å²) in [7, 11) is 0. The number of amides is 2. The highest BCUT2D eigenvalue weighted by molar-refractivity contribution is 6.34. The van der Waals surface area contributed by atoms with Crippen molar-refractivity contribution >= 4 is 47.2 Å². The van der Waals surface area contributed by atoms with Gasteiger partial charge in [-0.05, 0) is 24.1 Å². The molecule has 0 saturated carbocycles. The highest BCUT2D eigenvalue weighted by Crippen LogP contribution is 2.25. The average molecular weight is 320 g/mol. The smallest absolute Gasteiger partial charge is 0.241 e. The fourth-order valence-corrected chi connectivity index (χ4v) is 1.64. The van der Waals surface area contributed by atoms with Crippen LogP contribution in [0.2, 0.25) is 5.02 Å². The second-order valence-corrected chi connectivity index (χ2v) is 5.04. The van der Waals surface area contributed by atoms with Crippen LogP contribution in [0.1, 0.15) is 20.8 Å². The predicted octanol–water partition coefficient (Wildman–Crippen LogP) is 2.64. The quantitative estimate of drug-likeness (QED) is 0.797. The summed E-state index contributed by atoms with van der Waals surface area (Å²) in [5.74, 6) is -0.423. The van der Waals surface area contributed by atoms with Gasteiger partial charge in [0.15, 0.2) is 0 Å². The van der Waals surface area contributed by atoms with Crippen LogP contribution in [0.15, 0.2) is 18.2 Å². The first-order chi connectivity index (χ1) is 8.81. The molecule has 0 radical (unpaired) electrons. The third-order valence-electron chi connectivity index (χ3n) is 2.57. The third kappa shape index (κ3) is 5.36. The number of hydrogen-bond donors (Lipinski definition) is 3. The molecule has 4 N–H and O–H groups in total. The molecule has 7 heteroatoms. The van der Waals surface area contributed by atoms with Gasteiger partial charge in [-0.1, -0.05) is 25.4 Å². The van der Waals surface area contributed by atoms with Crippen LogP contribution >= 0.6 is 24.0 Å². The Labute approximate surface area is 129 Å². The number of rotatable bonds is 4. The van der Waals surface area contributed by atoms with E-state index in [1.54, 1.807) is 18.2 Å². The summed E-state index contributed by atoms with van der Waals surface area (Å²) in [6, 6.07) is 4.27. The molecular formula is C13H19Cl2N3O2. The van der Waals surface area contributed by atoms with E-state index in [0.29, 0.717) is 16.4 Å². The number of carbonyl (C=O) groups excluding carboxylic acids is 2. The lowest BCUT2D eigenvalue weighted by Gasteiger charge is -2.16. The average Bonchev–Trinajstić information content (AvgIpc) is 2.31. The Morgan fingerprint density at radius 1 is 1.25 bits per heavy atom. The zero-order valence-corrected chi connectivity index (χ0v) is 13.1. The van der Waals surface area contributed by atoms with Crippen LogP contribution < -0.4 is 16.4 Å². The first-order valence-corrected chi connectivity index (χ1v) is 6.32. The Bertz CT molecular complexity index is 493. The molecular weight excluding hydrogens is 301 g/mol. The molecule has 1 aromatic carbocycles. The van der Waals surface area contributed by atoms with E-state index in [2.05, 4.69) is 10.6 Å². The first kappa shape index (κ1) is 18.7. The minimum Gasteiger partial charge on any atom is -0.325 e. The topological polar surface area (TPSA) is 84.2 Å². The zero-order valence-electron chi connectivity index (χ0n) is 11.6. The standard InChI is InChI=1S/C13H18ClN3O2.ClH/c1-7(2)12(15)13(19)17-9-4-5-11(10(14)6-9)16-8(3)18;/h4-7,12H,15H2,1-3H3,(H,16,18)(H,17,19);1H. The molecule has 1 aromatic rings. The minimum absolute atomic E-state index is 0. The lowest BCUT2D eigenvalue weighted by molar-refractivity contribution is -0.118. The highest BCUT2D eigenvalue weighted by atomic mass is 35.5. The molecule has 20 heavy (non-hydrogen) atoms. The number of halogens is 2. The molecule has 0 aliphatic heterocycles. The Balaban J connectivity index is 0.00000361. The van der Waals surface area contributed by atoms with Crippen LogP contribution in [0.3, 0.4) is 0 Å². The van der Waals surface area contributed by atoms with Crippen molar-refractivity contribution in [2.24, 2.45) is 11.7 Å². The van der Waals surface area contributed by atoms with Crippen LogP contribution in [-0.4, -0.2) is 17.9 Å². The summed E-state index contributed by atoms with van der Waals surface area (Å²) < 4.78 is 0. The van der Waals surface area contributed by atoms with E-state index < -0.39 is 6.04 Å². The molecule has 1 atom stereocenters. The predicted molar refractivity (Wildman–Crippen MR) is 84.4 cm³/mol. The van der Waals surface area contributed by atoms with Gasteiger partial charge in [-0.2, -0.15) is 0 Å². The van der Waals surface area contributed by atoms with E-state index in [1.807, 2.05) is 13.8 Å². The maximum Gasteiger partial charge on any atom is 0.241 e. The molecule has 0 spiro atoms. The maximum absolute atomic E-state index is 11.8. The largest absolute Gasteiger partial charge is 0.325 e. The molecule has 5 nitrogen and oxygen atoms in total. The second-order valence-electron chi connectivity index (χ2n) is 4.63. The zero-order chi connectivity index (χ0) is 14.6. The number of benzene rings is 1. The van der Waals surface area contributed by atoms with Gasteiger partial charge in [0, 0.05) is 12.6 Å². The minimum atomic E-state index is -0.575. The molecule has 0 saturated heterocycles. The van der Waals surface area contributed by atoms with Crippen molar-refractivity contribution in [1.29, 1.82) is 0 Å². The molecule has 0 aromatic heterocycles. The van der Waals surface area contributed by atoms with Crippen molar-refractivity contribution in [3.8, 4) is 0 Å². The number of carbonyl (C=O) groups is 2.